The van der Waals surface area contributed by atoms with E-state index in [-0.39, 0.29) is 38.5 Å². The molecule has 0 aliphatic heterocycles. The average Bonchev–Trinajstić information content (AvgIpc) is 2.58. The first-order valence-electron chi connectivity index (χ1n) is 8.68. The molecular formula is C17H26N2O9. The van der Waals surface area contributed by atoms with Crippen LogP contribution in [0.4, 0.5) is 0 Å². The second kappa shape index (κ2) is 12.5. The highest BCUT2D eigenvalue weighted by atomic mass is 16.4. The third-order valence-corrected chi connectivity index (χ3v) is 4.09. The first-order valence-corrected chi connectivity index (χ1v) is 8.68. The Bertz CT molecular complexity index is 618. The fourth-order valence-electron chi connectivity index (χ4n) is 2.40. The summed E-state index contributed by atoms with van der Waals surface area (Å²) >= 11 is 0. The van der Waals surface area contributed by atoms with E-state index in [4.69, 9.17) is 21.1 Å². The van der Waals surface area contributed by atoms with E-state index < -0.39 is 59.8 Å². The van der Waals surface area contributed by atoms with Crippen LogP contribution in [-0.2, 0) is 28.8 Å². The van der Waals surface area contributed by atoms with Crippen molar-refractivity contribution < 1.29 is 44.1 Å². The molecule has 0 aromatic carbocycles. The van der Waals surface area contributed by atoms with Crippen molar-refractivity contribution in [2.45, 2.75) is 64.0 Å². The summed E-state index contributed by atoms with van der Waals surface area (Å²) in [5.41, 5.74) is 5.58. The Kier molecular flexibility index (Phi) is 11.3. The number of amides is 1. The number of Topliss-reactive ketones (excluding diaryl/α,β-unsaturated/α-hetero) is 2. The summed E-state index contributed by atoms with van der Waals surface area (Å²) in [6.07, 6.45) is -1.93. The van der Waals surface area contributed by atoms with Crippen LogP contribution in [0.15, 0.2) is 0 Å². The number of carbonyl (C=O) groups excluding carboxylic acids is 3. The van der Waals surface area contributed by atoms with Gasteiger partial charge in [-0.2, -0.15) is 0 Å². The van der Waals surface area contributed by atoms with Crippen LogP contribution in [0.2, 0.25) is 0 Å². The van der Waals surface area contributed by atoms with Gasteiger partial charge in [0, 0.05) is 31.6 Å². The molecule has 0 saturated carbocycles. The van der Waals surface area contributed by atoms with Crippen molar-refractivity contribution in [2.75, 3.05) is 0 Å². The van der Waals surface area contributed by atoms with E-state index >= 15 is 0 Å². The van der Waals surface area contributed by atoms with Gasteiger partial charge in [0.25, 0.3) is 0 Å². The third kappa shape index (κ3) is 11.0. The summed E-state index contributed by atoms with van der Waals surface area (Å²) < 4.78 is 0. The molecule has 1 amide bonds. The number of hydrogen-bond donors (Lipinski definition) is 5. The smallest absolute Gasteiger partial charge is 0.303 e. The molecule has 0 aromatic rings. The van der Waals surface area contributed by atoms with E-state index in [1.54, 1.807) is 0 Å². The fourth-order valence-corrected chi connectivity index (χ4v) is 2.40. The van der Waals surface area contributed by atoms with Crippen LogP contribution in [-0.4, -0.2) is 62.8 Å². The van der Waals surface area contributed by atoms with Crippen molar-refractivity contribution in [2.24, 2.45) is 11.7 Å². The van der Waals surface area contributed by atoms with E-state index in [1.165, 1.54) is 6.92 Å². The van der Waals surface area contributed by atoms with Crippen LogP contribution >= 0.6 is 0 Å². The maximum Gasteiger partial charge on any atom is 0.303 e. The molecule has 11 heteroatoms. The first kappa shape index (κ1) is 25.2. The molecule has 0 radical (unpaired) electrons. The Labute approximate surface area is 161 Å². The number of carbonyl (C=O) groups is 6. The molecule has 28 heavy (non-hydrogen) atoms. The van der Waals surface area contributed by atoms with Gasteiger partial charge in [-0.3, -0.25) is 28.8 Å². The van der Waals surface area contributed by atoms with Gasteiger partial charge in [0.05, 0.1) is 12.1 Å². The second-order valence-corrected chi connectivity index (χ2v) is 6.44. The number of carboxylic acids is 3. The predicted molar refractivity (Wildman–Crippen MR) is 94.3 cm³/mol. The number of nitrogens with one attached hydrogen (secondary N) is 1. The highest BCUT2D eigenvalue weighted by Crippen LogP contribution is 2.16. The van der Waals surface area contributed by atoms with E-state index in [0.717, 1.165) is 0 Å². The maximum absolute atomic E-state index is 12.5. The van der Waals surface area contributed by atoms with Gasteiger partial charge in [-0.1, -0.05) is 0 Å². The monoisotopic (exact) mass is 402 g/mol. The van der Waals surface area contributed by atoms with Gasteiger partial charge in [-0.15, -0.1) is 0 Å². The summed E-state index contributed by atoms with van der Waals surface area (Å²) in [5, 5.41) is 28.5. The zero-order chi connectivity index (χ0) is 21.9. The largest absolute Gasteiger partial charge is 0.481 e. The Morgan fingerprint density at radius 3 is 1.75 bits per heavy atom. The van der Waals surface area contributed by atoms with Gasteiger partial charge in [0.15, 0.2) is 5.78 Å². The minimum Gasteiger partial charge on any atom is -0.481 e. The topological polar surface area (TPSA) is 201 Å². The normalized spacial score (nSPS) is 13.8. The lowest BCUT2D eigenvalue weighted by Crippen LogP contribution is -2.49. The van der Waals surface area contributed by atoms with Crippen LogP contribution in [0.1, 0.15) is 51.9 Å². The Morgan fingerprint density at radius 1 is 0.821 bits per heavy atom. The van der Waals surface area contributed by atoms with Crippen LogP contribution in [0.25, 0.3) is 0 Å². The molecule has 0 bridgehead atoms. The Hall–Kier alpha value is -2.82. The molecule has 0 unspecified atom stereocenters. The lowest BCUT2D eigenvalue weighted by Gasteiger charge is -2.21. The molecule has 0 aliphatic carbocycles. The van der Waals surface area contributed by atoms with Gasteiger partial charge >= 0.3 is 17.9 Å². The number of carboxylic acid groups (broad SMARTS) is 3. The van der Waals surface area contributed by atoms with Crippen molar-refractivity contribution in [1.82, 2.24) is 5.32 Å². The molecule has 6 N–H and O–H groups in total. The highest BCUT2D eigenvalue weighted by Gasteiger charge is 2.28. The van der Waals surface area contributed by atoms with Gasteiger partial charge in [-0.05, 0) is 26.2 Å². The molecule has 0 aromatic heterocycles. The summed E-state index contributed by atoms with van der Waals surface area (Å²) in [7, 11) is 0. The van der Waals surface area contributed by atoms with E-state index in [9.17, 15) is 28.8 Å². The molecular weight excluding hydrogens is 376 g/mol. The lowest BCUT2D eigenvalue weighted by molar-refractivity contribution is -0.139. The molecule has 158 valence electrons. The summed E-state index contributed by atoms with van der Waals surface area (Å²) in [6.45, 7) is 1.21. The van der Waals surface area contributed by atoms with Gasteiger partial charge in [0.1, 0.15) is 5.78 Å². The summed E-state index contributed by atoms with van der Waals surface area (Å²) in [4.78, 5) is 68.3. The number of hydrogen-bond acceptors (Lipinski definition) is 7. The molecule has 0 saturated heterocycles. The minimum absolute atomic E-state index is 0.0614. The van der Waals surface area contributed by atoms with E-state index in [0.29, 0.717) is 0 Å². The molecule has 0 aliphatic rings. The zero-order valence-electron chi connectivity index (χ0n) is 15.6. The van der Waals surface area contributed by atoms with Crippen molar-refractivity contribution in [3.05, 3.63) is 0 Å². The molecule has 11 nitrogen and oxygen atoms in total. The second-order valence-electron chi connectivity index (χ2n) is 6.44. The number of aliphatic carboxylic acids is 3. The SMILES string of the molecule is CC(=O)[C@H](CCC(=O)O)CC(=O)[C@H](CCC(=O)O)NC(=O)[C@@H](N)CCC(=O)O. The van der Waals surface area contributed by atoms with E-state index in [2.05, 4.69) is 5.32 Å². The quantitative estimate of drug-likeness (QED) is 0.239. The van der Waals surface area contributed by atoms with Crippen LogP contribution in [0.5, 0.6) is 0 Å². The molecule has 0 heterocycles. The number of ketones is 2. The maximum atomic E-state index is 12.5. The predicted octanol–water partition coefficient (Wildman–Crippen LogP) is -0.443. The minimum atomic E-state index is -1.23. The summed E-state index contributed by atoms with van der Waals surface area (Å²) in [6, 6.07) is -2.43. The standard InChI is InChI=1S/C17H26N2O9/c1-9(20)10(2-5-14(22)23)8-13(21)12(4-7-16(26)27)19-17(28)11(18)3-6-15(24)25/h10-12H,2-8,18H2,1H3,(H,19,28)(H,22,23)(H,24,25)(H,26,27)/t10-,11+,12+/m1/s1. The van der Waals surface area contributed by atoms with E-state index in [1.807, 2.05) is 0 Å². The van der Waals surface area contributed by atoms with Crippen molar-refractivity contribution in [3.8, 4) is 0 Å². The first-order chi connectivity index (χ1) is 12.9. The lowest BCUT2D eigenvalue weighted by atomic mass is 9.90. The fraction of sp³-hybridized carbons (Fsp3) is 0.647. The van der Waals surface area contributed by atoms with Crippen LogP contribution in [0, 0.1) is 5.92 Å². The molecule has 0 spiro atoms. The third-order valence-electron chi connectivity index (χ3n) is 4.09. The number of nitrogens with two attached hydrogens (primary N) is 1. The Morgan fingerprint density at radius 2 is 1.29 bits per heavy atom. The van der Waals surface area contributed by atoms with Gasteiger partial charge < -0.3 is 26.4 Å². The van der Waals surface area contributed by atoms with Gasteiger partial charge in [-0.25, -0.2) is 0 Å². The van der Waals surface area contributed by atoms with Crippen LogP contribution in [0.3, 0.4) is 0 Å². The summed E-state index contributed by atoms with van der Waals surface area (Å²) in [5.74, 6) is -6.16. The van der Waals surface area contributed by atoms with Crippen molar-refractivity contribution in [3.63, 3.8) is 0 Å². The van der Waals surface area contributed by atoms with Crippen molar-refractivity contribution in [1.29, 1.82) is 0 Å². The molecule has 3 atom stereocenters. The molecule has 0 fully saturated rings. The number of rotatable bonds is 15. The van der Waals surface area contributed by atoms with Crippen molar-refractivity contribution >= 4 is 35.4 Å². The van der Waals surface area contributed by atoms with Crippen LogP contribution < -0.4 is 11.1 Å². The van der Waals surface area contributed by atoms with Gasteiger partial charge in [0.2, 0.25) is 5.91 Å². The Balaban J connectivity index is 5.08. The zero-order valence-corrected chi connectivity index (χ0v) is 15.6. The highest BCUT2D eigenvalue weighted by molar-refractivity contribution is 5.93. The average molecular weight is 402 g/mol. The molecule has 0 rings (SSSR count).